The molecule has 98 valence electrons. The molecule has 0 saturated carbocycles. The Labute approximate surface area is 111 Å². The van der Waals surface area contributed by atoms with Gasteiger partial charge in [0.05, 0.1) is 12.3 Å². The van der Waals surface area contributed by atoms with Crippen molar-refractivity contribution in [1.82, 2.24) is 0 Å². The Morgan fingerprint density at radius 2 is 2.00 bits per heavy atom. The molecule has 5 heteroatoms. The molecule has 0 unspecified atom stereocenters. The van der Waals surface area contributed by atoms with Gasteiger partial charge in [0, 0.05) is 22.1 Å². The van der Waals surface area contributed by atoms with Gasteiger partial charge in [-0.1, -0.05) is 25.1 Å². The van der Waals surface area contributed by atoms with E-state index in [2.05, 4.69) is 5.16 Å². The first-order valence-corrected chi connectivity index (χ1v) is 5.39. The number of hydrogen-bond acceptors (Lipinski definition) is 4. The van der Waals surface area contributed by atoms with Crippen LogP contribution in [0.1, 0.15) is 32.3 Å². The minimum absolute atomic E-state index is 0. The van der Waals surface area contributed by atoms with E-state index >= 15 is 0 Å². The standard InChI is InChI=1S/C12H17NO3.Ni/c1-3-10(4-2)16-11-7-5-6-9(8-13-15)12(11)14;/h5-8,10,14-15H,3-4H2,1-2H3;/b13-8+;. The average molecular weight is 282 g/mol. The first-order valence-electron chi connectivity index (χ1n) is 5.39. The molecule has 0 bridgehead atoms. The molecule has 0 saturated heterocycles. The van der Waals surface area contributed by atoms with Crippen LogP contribution in [0.5, 0.6) is 11.5 Å². The third kappa shape index (κ3) is 4.27. The molecule has 2 N–H and O–H groups in total. The summed E-state index contributed by atoms with van der Waals surface area (Å²) in [5, 5.41) is 21.1. The molecule has 0 aliphatic carbocycles. The largest absolute Gasteiger partial charge is 0.504 e. The summed E-state index contributed by atoms with van der Waals surface area (Å²) < 4.78 is 5.64. The van der Waals surface area contributed by atoms with Gasteiger partial charge in [0.25, 0.3) is 0 Å². The number of oxime groups is 1. The number of phenols is 1. The van der Waals surface area contributed by atoms with E-state index in [9.17, 15) is 5.11 Å². The minimum atomic E-state index is 0. The minimum Gasteiger partial charge on any atom is -0.504 e. The second-order valence-electron chi connectivity index (χ2n) is 3.49. The summed E-state index contributed by atoms with van der Waals surface area (Å²) in [4.78, 5) is 0. The van der Waals surface area contributed by atoms with Crippen LogP contribution in [0.15, 0.2) is 23.4 Å². The number of hydrogen-bond donors (Lipinski definition) is 2. The van der Waals surface area contributed by atoms with Crippen LogP contribution >= 0.6 is 0 Å². The maximum atomic E-state index is 9.83. The molecule has 1 aromatic carbocycles. The number of para-hydroxylation sites is 1. The van der Waals surface area contributed by atoms with Gasteiger partial charge in [-0.05, 0) is 25.0 Å². The van der Waals surface area contributed by atoms with Crippen molar-refractivity contribution in [3.63, 3.8) is 0 Å². The van der Waals surface area contributed by atoms with Crippen LogP contribution in [0.4, 0.5) is 0 Å². The second-order valence-corrected chi connectivity index (χ2v) is 3.49. The van der Waals surface area contributed by atoms with Crippen molar-refractivity contribution in [3.8, 4) is 11.5 Å². The zero-order chi connectivity index (χ0) is 12.0. The first kappa shape index (κ1) is 15.8. The molecule has 0 aromatic heterocycles. The predicted octanol–water partition coefficient (Wildman–Crippen LogP) is 2.77. The summed E-state index contributed by atoms with van der Waals surface area (Å²) in [5.41, 5.74) is 0.436. The van der Waals surface area contributed by atoms with Crippen molar-refractivity contribution in [2.24, 2.45) is 5.16 Å². The van der Waals surface area contributed by atoms with Gasteiger partial charge in [-0.15, -0.1) is 0 Å². The number of ether oxygens (including phenoxy) is 1. The van der Waals surface area contributed by atoms with Crippen molar-refractivity contribution in [1.29, 1.82) is 0 Å². The SMILES string of the molecule is CCC(CC)Oc1cccc(/C=N/O)c1O.[Ni]. The Hall–Kier alpha value is -1.22. The average Bonchev–Trinajstić information content (AvgIpc) is 2.30. The van der Waals surface area contributed by atoms with E-state index in [-0.39, 0.29) is 28.3 Å². The molecular formula is C12H17NNiO3. The van der Waals surface area contributed by atoms with Crippen LogP contribution in [-0.4, -0.2) is 22.6 Å². The topological polar surface area (TPSA) is 62.0 Å². The van der Waals surface area contributed by atoms with E-state index in [1.807, 2.05) is 13.8 Å². The number of benzene rings is 1. The van der Waals surface area contributed by atoms with Crippen molar-refractivity contribution in [3.05, 3.63) is 23.8 Å². The third-order valence-electron chi connectivity index (χ3n) is 2.43. The number of phenolic OH excluding ortho intramolecular Hbond substituents is 1. The summed E-state index contributed by atoms with van der Waals surface area (Å²) in [6.07, 6.45) is 3.03. The Bertz CT molecular complexity index is 365. The van der Waals surface area contributed by atoms with Gasteiger partial charge >= 0.3 is 0 Å². The zero-order valence-electron chi connectivity index (χ0n) is 9.87. The summed E-state index contributed by atoms with van der Waals surface area (Å²) in [6.45, 7) is 4.06. The van der Waals surface area contributed by atoms with Gasteiger partial charge in [0.2, 0.25) is 0 Å². The van der Waals surface area contributed by atoms with Crippen LogP contribution in [0.25, 0.3) is 0 Å². The quantitative estimate of drug-likeness (QED) is 0.378. The maximum absolute atomic E-state index is 9.83. The molecular weight excluding hydrogens is 265 g/mol. The molecule has 17 heavy (non-hydrogen) atoms. The number of nitrogens with zero attached hydrogens (tertiary/aromatic N) is 1. The molecule has 0 fully saturated rings. The van der Waals surface area contributed by atoms with Gasteiger partial charge in [-0.25, -0.2) is 0 Å². The smallest absolute Gasteiger partial charge is 0.166 e. The molecule has 1 rings (SSSR count). The third-order valence-corrected chi connectivity index (χ3v) is 2.43. The Morgan fingerprint density at radius 3 is 2.53 bits per heavy atom. The molecule has 1 aromatic rings. The van der Waals surface area contributed by atoms with Crippen molar-refractivity contribution in [2.75, 3.05) is 0 Å². The van der Waals surface area contributed by atoms with E-state index < -0.39 is 0 Å². The van der Waals surface area contributed by atoms with Crippen LogP contribution < -0.4 is 4.74 Å². The molecule has 0 heterocycles. The molecule has 0 radical (unpaired) electrons. The molecule has 0 spiro atoms. The Morgan fingerprint density at radius 1 is 1.35 bits per heavy atom. The molecule has 0 aliphatic heterocycles. The van der Waals surface area contributed by atoms with E-state index in [1.54, 1.807) is 18.2 Å². The Balaban J connectivity index is 0.00000256. The Kier molecular flexibility index (Phi) is 7.39. The van der Waals surface area contributed by atoms with Crippen LogP contribution in [0, 0.1) is 0 Å². The monoisotopic (exact) mass is 281 g/mol. The molecule has 4 nitrogen and oxygen atoms in total. The van der Waals surface area contributed by atoms with Gasteiger partial charge in [0.1, 0.15) is 0 Å². The maximum Gasteiger partial charge on any atom is 0.166 e. The van der Waals surface area contributed by atoms with E-state index in [0.717, 1.165) is 12.8 Å². The number of rotatable bonds is 5. The van der Waals surface area contributed by atoms with Gasteiger partial charge in [0.15, 0.2) is 11.5 Å². The van der Waals surface area contributed by atoms with Crippen LogP contribution in [-0.2, 0) is 16.5 Å². The molecule has 0 atom stereocenters. The van der Waals surface area contributed by atoms with E-state index in [1.165, 1.54) is 6.21 Å². The predicted molar refractivity (Wildman–Crippen MR) is 62.5 cm³/mol. The summed E-state index contributed by atoms with van der Waals surface area (Å²) >= 11 is 0. The molecule has 0 amide bonds. The van der Waals surface area contributed by atoms with Gasteiger partial charge in [-0.2, -0.15) is 0 Å². The number of aromatic hydroxyl groups is 1. The van der Waals surface area contributed by atoms with Crippen molar-refractivity contribution in [2.45, 2.75) is 32.8 Å². The zero-order valence-corrected chi connectivity index (χ0v) is 10.9. The van der Waals surface area contributed by atoms with E-state index in [0.29, 0.717) is 11.3 Å². The summed E-state index contributed by atoms with van der Waals surface area (Å²) in [6, 6.07) is 5.09. The van der Waals surface area contributed by atoms with E-state index in [4.69, 9.17) is 9.94 Å². The first-order chi connectivity index (χ1) is 7.72. The van der Waals surface area contributed by atoms with Gasteiger partial charge in [-0.3, -0.25) is 0 Å². The molecule has 0 aliphatic rings. The fourth-order valence-electron chi connectivity index (χ4n) is 1.44. The van der Waals surface area contributed by atoms with Crippen molar-refractivity contribution < 1.29 is 31.5 Å². The summed E-state index contributed by atoms with van der Waals surface area (Å²) in [7, 11) is 0. The summed E-state index contributed by atoms with van der Waals surface area (Å²) in [5.74, 6) is 0.429. The normalized spacial score (nSPS) is 10.5. The van der Waals surface area contributed by atoms with Crippen LogP contribution in [0.3, 0.4) is 0 Å². The fourth-order valence-corrected chi connectivity index (χ4v) is 1.44. The van der Waals surface area contributed by atoms with Gasteiger partial charge < -0.3 is 15.1 Å². The second kappa shape index (κ2) is 7.96. The van der Waals surface area contributed by atoms with Crippen LogP contribution in [0.2, 0.25) is 0 Å². The fraction of sp³-hybridized carbons (Fsp3) is 0.417. The van der Waals surface area contributed by atoms with Crippen molar-refractivity contribution >= 4 is 6.21 Å².